The van der Waals surface area contributed by atoms with Gasteiger partial charge in [0.05, 0.1) is 20.8 Å². The van der Waals surface area contributed by atoms with Gasteiger partial charge in [-0.1, -0.05) is 18.2 Å². The molecule has 4 nitrogen and oxygen atoms in total. The second kappa shape index (κ2) is 8.44. The SMILES string of the molecule is CCOc1ccccc1CN(C)Cc1cc(OC)ccc1OC. The zero-order chi connectivity index (χ0) is 16.7. The van der Waals surface area contributed by atoms with Crippen molar-refractivity contribution >= 4 is 0 Å². The van der Waals surface area contributed by atoms with Crippen molar-refractivity contribution in [2.24, 2.45) is 0 Å². The van der Waals surface area contributed by atoms with E-state index in [1.165, 1.54) is 5.56 Å². The molecule has 4 heteroatoms. The molecule has 0 aliphatic rings. The van der Waals surface area contributed by atoms with Crippen molar-refractivity contribution in [2.75, 3.05) is 27.9 Å². The Morgan fingerprint density at radius 1 is 0.870 bits per heavy atom. The second-order valence-corrected chi connectivity index (χ2v) is 5.39. The monoisotopic (exact) mass is 315 g/mol. The minimum Gasteiger partial charge on any atom is -0.497 e. The molecule has 0 amide bonds. The van der Waals surface area contributed by atoms with Crippen LogP contribution in [0.2, 0.25) is 0 Å². The first kappa shape index (κ1) is 17.2. The van der Waals surface area contributed by atoms with Gasteiger partial charge in [0.1, 0.15) is 17.2 Å². The third kappa shape index (κ3) is 4.63. The summed E-state index contributed by atoms with van der Waals surface area (Å²) in [6, 6.07) is 14.0. The van der Waals surface area contributed by atoms with E-state index in [-0.39, 0.29) is 0 Å². The first-order valence-electron chi connectivity index (χ1n) is 7.78. The third-order valence-electron chi connectivity index (χ3n) is 3.64. The van der Waals surface area contributed by atoms with Gasteiger partial charge in [0.25, 0.3) is 0 Å². The van der Waals surface area contributed by atoms with Crippen LogP contribution >= 0.6 is 0 Å². The predicted molar refractivity (Wildman–Crippen MR) is 92.3 cm³/mol. The zero-order valence-corrected chi connectivity index (χ0v) is 14.3. The number of benzene rings is 2. The first-order chi connectivity index (χ1) is 11.2. The van der Waals surface area contributed by atoms with E-state index in [0.29, 0.717) is 6.61 Å². The Bertz CT molecular complexity index is 628. The normalized spacial score (nSPS) is 10.7. The first-order valence-corrected chi connectivity index (χ1v) is 7.78. The Kier molecular flexibility index (Phi) is 6.29. The summed E-state index contributed by atoms with van der Waals surface area (Å²) in [7, 11) is 5.45. The van der Waals surface area contributed by atoms with Crippen LogP contribution in [0, 0.1) is 0 Å². The van der Waals surface area contributed by atoms with E-state index in [1.807, 2.05) is 43.3 Å². The van der Waals surface area contributed by atoms with Crippen LogP contribution in [0.1, 0.15) is 18.1 Å². The standard InChI is InChI=1S/C19H25NO3/c1-5-23-19-9-7-6-8-15(19)13-20(2)14-16-12-17(21-3)10-11-18(16)22-4/h6-12H,5,13-14H2,1-4H3. The lowest BCUT2D eigenvalue weighted by Gasteiger charge is -2.20. The number of para-hydroxylation sites is 1. The molecule has 0 aliphatic carbocycles. The van der Waals surface area contributed by atoms with Crippen LogP contribution in [-0.2, 0) is 13.1 Å². The lowest BCUT2D eigenvalue weighted by molar-refractivity contribution is 0.292. The van der Waals surface area contributed by atoms with Crippen molar-refractivity contribution in [1.29, 1.82) is 0 Å². The molecule has 0 atom stereocenters. The third-order valence-corrected chi connectivity index (χ3v) is 3.64. The van der Waals surface area contributed by atoms with E-state index in [2.05, 4.69) is 18.0 Å². The summed E-state index contributed by atoms with van der Waals surface area (Å²) in [6.45, 7) is 4.24. The molecular formula is C19H25NO3. The largest absolute Gasteiger partial charge is 0.497 e. The van der Waals surface area contributed by atoms with Gasteiger partial charge in [0.2, 0.25) is 0 Å². The molecule has 124 valence electrons. The molecule has 0 spiro atoms. The smallest absolute Gasteiger partial charge is 0.123 e. The molecule has 2 aromatic carbocycles. The Balaban J connectivity index is 2.12. The Hall–Kier alpha value is -2.20. The van der Waals surface area contributed by atoms with Gasteiger partial charge in [-0.25, -0.2) is 0 Å². The highest BCUT2D eigenvalue weighted by molar-refractivity contribution is 5.40. The van der Waals surface area contributed by atoms with Gasteiger partial charge in [0, 0.05) is 24.2 Å². The second-order valence-electron chi connectivity index (χ2n) is 5.39. The molecule has 0 heterocycles. The number of rotatable bonds is 8. The Morgan fingerprint density at radius 2 is 1.61 bits per heavy atom. The van der Waals surface area contributed by atoms with E-state index in [4.69, 9.17) is 14.2 Å². The van der Waals surface area contributed by atoms with Gasteiger partial charge in [-0.15, -0.1) is 0 Å². The van der Waals surface area contributed by atoms with Gasteiger partial charge >= 0.3 is 0 Å². The van der Waals surface area contributed by atoms with Crippen molar-refractivity contribution in [2.45, 2.75) is 20.0 Å². The van der Waals surface area contributed by atoms with Gasteiger partial charge in [-0.05, 0) is 38.2 Å². The molecular weight excluding hydrogens is 290 g/mol. The number of ether oxygens (including phenoxy) is 3. The Morgan fingerprint density at radius 3 is 2.30 bits per heavy atom. The fraction of sp³-hybridized carbons (Fsp3) is 0.368. The zero-order valence-electron chi connectivity index (χ0n) is 14.3. The Labute approximate surface area is 138 Å². The van der Waals surface area contributed by atoms with E-state index in [0.717, 1.165) is 35.9 Å². The van der Waals surface area contributed by atoms with E-state index in [9.17, 15) is 0 Å². The highest BCUT2D eigenvalue weighted by Crippen LogP contribution is 2.26. The molecule has 0 radical (unpaired) electrons. The highest BCUT2D eigenvalue weighted by Gasteiger charge is 2.11. The van der Waals surface area contributed by atoms with Gasteiger partial charge in [-0.2, -0.15) is 0 Å². The summed E-state index contributed by atoms with van der Waals surface area (Å²) in [4.78, 5) is 2.23. The summed E-state index contributed by atoms with van der Waals surface area (Å²) in [5.41, 5.74) is 2.28. The van der Waals surface area contributed by atoms with Crippen LogP contribution < -0.4 is 14.2 Å². The maximum atomic E-state index is 5.70. The van der Waals surface area contributed by atoms with Gasteiger partial charge < -0.3 is 14.2 Å². The minimum absolute atomic E-state index is 0.671. The molecule has 2 rings (SSSR count). The number of hydrogen-bond donors (Lipinski definition) is 0. The molecule has 0 unspecified atom stereocenters. The lowest BCUT2D eigenvalue weighted by atomic mass is 10.1. The molecule has 0 fully saturated rings. The molecule has 0 aliphatic heterocycles. The van der Waals surface area contributed by atoms with Crippen LogP contribution in [0.3, 0.4) is 0 Å². The van der Waals surface area contributed by atoms with Gasteiger partial charge in [-0.3, -0.25) is 4.90 Å². The summed E-state index contributed by atoms with van der Waals surface area (Å²) in [6.07, 6.45) is 0. The minimum atomic E-state index is 0.671. The van der Waals surface area contributed by atoms with Crippen LogP contribution in [0.4, 0.5) is 0 Å². The average Bonchev–Trinajstić information content (AvgIpc) is 2.56. The number of hydrogen-bond acceptors (Lipinski definition) is 4. The summed E-state index contributed by atoms with van der Waals surface area (Å²) in [5.74, 6) is 2.65. The molecule has 23 heavy (non-hydrogen) atoms. The molecule has 0 aromatic heterocycles. The van der Waals surface area contributed by atoms with Crippen molar-refractivity contribution in [3.63, 3.8) is 0 Å². The van der Waals surface area contributed by atoms with E-state index >= 15 is 0 Å². The maximum Gasteiger partial charge on any atom is 0.123 e. The maximum absolute atomic E-state index is 5.70. The predicted octanol–water partition coefficient (Wildman–Crippen LogP) is 3.73. The molecule has 0 N–H and O–H groups in total. The fourth-order valence-electron chi connectivity index (χ4n) is 2.57. The van der Waals surface area contributed by atoms with Crippen molar-refractivity contribution < 1.29 is 14.2 Å². The van der Waals surface area contributed by atoms with Crippen LogP contribution in [0.25, 0.3) is 0 Å². The number of methoxy groups -OCH3 is 2. The number of nitrogens with zero attached hydrogens (tertiary/aromatic N) is 1. The fourth-order valence-corrected chi connectivity index (χ4v) is 2.57. The summed E-state index contributed by atoms with van der Waals surface area (Å²) < 4.78 is 16.5. The molecule has 0 saturated carbocycles. The van der Waals surface area contributed by atoms with Crippen molar-refractivity contribution in [1.82, 2.24) is 4.90 Å². The van der Waals surface area contributed by atoms with Crippen LogP contribution in [-0.4, -0.2) is 32.8 Å². The average molecular weight is 315 g/mol. The molecule has 0 saturated heterocycles. The van der Waals surface area contributed by atoms with Crippen LogP contribution in [0.5, 0.6) is 17.2 Å². The summed E-state index contributed by atoms with van der Waals surface area (Å²) in [5, 5.41) is 0. The topological polar surface area (TPSA) is 30.9 Å². The quantitative estimate of drug-likeness (QED) is 0.742. The van der Waals surface area contributed by atoms with Crippen LogP contribution in [0.15, 0.2) is 42.5 Å². The molecule has 0 bridgehead atoms. The van der Waals surface area contributed by atoms with Crippen molar-refractivity contribution in [3.05, 3.63) is 53.6 Å². The summed E-state index contributed by atoms with van der Waals surface area (Å²) >= 11 is 0. The van der Waals surface area contributed by atoms with E-state index in [1.54, 1.807) is 14.2 Å². The van der Waals surface area contributed by atoms with Gasteiger partial charge in [0.15, 0.2) is 0 Å². The van der Waals surface area contributed by atoms with Crippen molar-refractivity contribution in [3.8, 4) is 17.2 Å². The highest BCUT2D eigenvalue weighted by atomic mass is 16.5. The lowest BCUT2D eigenvalue weighted by Crippen LogP contribution is -2.18. The van der Waals surface area contributed by atoms with E-state index < -0.39 is 0 Å². The molecule has 2 aromatic rings.